The van der Waals surface area contributed by atoms with Gasteiger partial charge in [0.05, 0.1) is 4.92 Å². The molecule has 9 nitrogen and oxygen atoms in total. The predicted octanol–water partition coefficient (Wildman–Crippen LogP) is 3.36. The summed E-state index contributed by atoms with van der Waals surface area (Å²) in [5.41, 5.74) is 0.266. The summed E-state index contributed by atoms with van der Waals surface area (Å²) in [6, 6.07) is 9.31. The van der Waals surface area contributed by atoms with Gasteiger partial charge in [0.15, 0.2) is 0 Å². The van der Waals surface area contributed by atoms with Crippen LogP contribution >= 0.6 is 12.4 Å². The number of amides is 1. The molecule has 1 amide bonds. The van der Waals surface area contributed by atoms with Crippen molar-refractivity contribution in [2.75, 3.05) is 23.8 Å². The lowest BCUT2D eigenvalue weighted by Gasteiger charge is -2.22. The number of unbranched alkanes of at least 4 members (excludes halogenated alkanes) is 1. The number of nitro benzene ring substituents is 1. The number of nitro groups is 1. The Kier molecular flexibility index (Phi) is 8.83. The number of carboxylic acid groups (broad SMARTS) is 1. The number of carbonyl (C=O) groups excluding carboxylic acids is 1. The maximum atomic E-state index is 13.0. The number of pyridine rings is 1. The first-order chi connectivity index (χ1) is 12.9. The van der Waals surface area contributed by atoms with E-state index in [4.69, 9.17) is 5.11 Å². The van der Waals surface area contributed by atoms with Gasteiger partial charge in [-0.05, 0) is 37.1 Å². The molecule has 1 aromatic carbocycles. The van der Waals surface area contributed by atoms with Crippen LogP contribution in [-0.2, 0) is 4.79 Å². The number of aromatic nitrogens is 1. The van der Waals surface area contributed by atoms with Gasteiger partial charge in [-0.25, -0.2) is 4.98 Å². The van der Waals surface area contributed by atoms with Gasteiger partial charge in [-0.1, -0.05) is 6.07 Å². The highest BCUT2D eigenvalue weighted by molar-refractivity contribution is 6.06. The Morgan fingerprint density at radius 3 is 2.57 bits per heavy atom. The molecule has 0 saturated carbocycles. The number of carboxylic acids is 1. The number of benzene rings is 1. The molecule has 0 spiro atoms. The molecule has 1 aromatic heterocycles. The monoisotopic (exact) mass is 408 g/mol. The maximum absolute atomic E-state index is 13.0. The van der Waals surface area contributed by atoms with Crippen molar-refractivity contribution in [3.8, 4) is 0 Å². The van der Waals surface area contributed by atoms with Crippen LogP contribution in [0.25, 0.3) is 0 Å². The van der Waals surface area contributed by atoms with Crippen molar-refractivity contribution in [1.29, 1.82) is 0 Å². The number of halogens is 1. The normalized spacial score (nSPS) is 9.89. The van der Waals surface area contributed by atoms with Crippen molar-refractivity contribution in [3.63, 3.8) is 0 Å². The molecule has 0 aliphatic heterocycles. The van der Waals surface area contributed by atoms with Gasteiger partial charge in [0.1, 0.15) is 11.5 Å². The van der Waals surface area contributed by atoms with Gasteiger partial charge in [0.25, 0.3) is 11.6 Å². The van der Waals surface area contributed by atoms with Crippen LogP contribution in [0.2, 0.25) is 0 Å². The van der Waals surface area contributed by atoms with Gasteiger partial charge < -0.3 is 10.4 Å². The standard InChI is InChI=1S/C18H20N4O5.ClH/c1-19-14-9-8-13(12-15(14)22(26)27)18(25)21(11-5-3-7-17(23)24)16-6-2-4-10-20-16;/h2,4,6,8-10,12,19H,3,5,7,11H2,1H3,(H,23,24);1H. The number of nitrogens with zero attached hydrogens (tertiary/aromatic N) is 3. The molecule has 10 heteroatoms. The van der Waals surface area contributed by atoms with Gasteiger partial charge in [0.2, 0.25) is 0 Å². The minimum atomic E-state index is -0.899. The zero-order valence-corrected chi connectivity index (χ0v) is 16.0. The fourth-order valence-electron chi connectivity index (χ4n) is 2.56. The molecule has 150 valence electrons. The molecule has 0 unspecified atom stereocenters. The number of rotatable bonds is 9. The molecule has 0 radical (unpaired) electrons. The van der Waals surface area contributed by atoms with Crippen LogP contribution in [-0.4, -0.2) is 40.5 Å². The van der Waals surface area contributed by atoms with Crippen LogP contribution in [0, 0.1) is 10.1 Å². The van der Waals surface area contributed by atoms with E-state index in [1.165, 1.54) is 23.1 Å². The zero-order valence-electron chi connectivity index (χ0n) is 15.2. The lowest BCUT2D eigenvalue weighted by molar-refractivity contribution is -0.384. The van der Waals surface area contributed by atoms with Crippen molar-refractivity contribution in [2.24, 2.45) is 0 Å². The predicted molar refractivity (Wildman–Crippen MR) is 107 cm³/mol. The number of hydrogen-bond donors (Lipinski definition) is 2. The minimum Gasteiger partial charge on any atom is -0.481 e. The first-order valence-corrected chi connectivity index (χ1v) is 8.35. The molecule has 1 heterocycles. The van der Waals surface area contributed by atoms with Gasteiger partial charge in [-0.15, -0.1) is 12.4 Å². The summed E-state index contributed by atoms with van der Waals surface area (Å²) in [7, 11) is 1.56. The Hall–Kier alpha value is -3.20. The Morgan fingerprint density at radius 1 is 1.25 bits per heavy atom. The Morgan fingerprint density at radius 2 is 2.00 bits per heavy atom. The second kappa shape index (κ2) is 10.8. The molecule has 0 aliphatic rings. The molecule has 0 saturated heterocycles. The molecule has 0 atom stereocenters. The van der Waals surface area contributed by atoms with Gasteiger partial charge in [-0.2, -0.15) is 0 Å². The molecule has 2 aromatic rings. The second-order valence-corrected chi connectivity index (χ2v) is 5.73. The molecule has 0 aliphatic carbocycles. The van der Waals surface area contributed by atoms with Crippen LogP contribution < -0.4 is 10.2 Å². The van der Waals surface area contributed by atoms with E-state index >= 15 is 0 Å². The highest BCUT2D eigenvalue weighted by Crippen LogP contribution is 2.26. The summed E-state index contributed by atoms with van der Waals surface area (Å²) in [6.07, 6.45) is 2.42. The molecular formula is C18H21ClN4O5. The summed E-state index contributed by atoms with van der Waals surface area (Å²) >= 11 is 0. The Labute approximate surface area is 167 Å². The van der Waals surface area contributed by atoms with Crippen LogP contribution in [0.15, 0.2) is 42.6 Å². The lowest BCUT2D eigenvalue weighted by atomic mass is 10.1. The smallest absolute Gasteiger partial charge is 0.303 e. The zero-order chi connectivity index (χ0) is 19.8. The van der Waals surface area contributed by atoms with Gasteiger partial charge in [-0.3, -0.25) is 24.6 Å². The molecule has 0 fully saturated rings. The van der Waals surface area contributed by atoms with E-state index in [1.807, 2.05) is 0 Å². The van der Waals surface area contributed by atoms with Crippen LogP contribution in [0.1, 0.15) is 29.6 Å². The van der Waals surface area contributed by atoms with Crippen LogP contribution in [0.3, 0.4) is 0 Å². The third-order valence-electron chi connectivity index (χ3n) is 3.90. The van der Waals surface area contributed by atoms with Crippen molar-refractivity contribution >= 4 is 41.5 Å². The van der Waals surface area contributed by atoms with Crippen LogP contribution in [0.5, 0.6) is 0 Å². The van der Waals surface area contributed by atoms with Crippen molar-refractivity contribution in [2.45, 2.75) is 19.3 Å². The average Bonchev–Trinajstić information content (AvgIpc) is 2.67. The number of carbonyl (C=O) groups is 2. The fraction of sp³-hybridized carbons (Fsp3) is 0.278. The summed E-state index contributed by atoms with van der Waals surface area (Å²) < 4.78 is 0. The summed E-state index contributed by atoms with van der Waals surface area (Å²) in [5.74, 6) is -0.933. The first-order valence-electron chi connectivity index (χ1n) is 8.35. The summed E-state index contributed by atoms with van der Waals surface area (Å²) in [4.78, 5) is 39.9. The first kappa shape index (κ1) is 22.8. The van der Waals surface area contributed by atoms with Crippen molar-refractivity contribution < 1.29 is 19.6 Å². The van der Waals surface area contributed by atoms with E-state index in [0.717, 1.165) is 0 Å². The topological polar surface area (TPSA) is 126 Å². The third-order valence-corrected chi connectivity index (χ3v) is 3.90. The number of nitrogens with one attached hydrogen (secondary N) is 1. The van der Waals surface area contributed by atoms with E-state index in [9.17, 15) is 19.7 Å². The van der Waals surface area contributed by atoms with E-state index in [1.54, 1.807) is 31.4 Å². The summed E-state index contributed by atoms with van der Waals surface area (Å²) in [6.45, 7) is 0.255. The number of hydrogen-bond acceptors (Lipinski definition) is 6. The summed E-state index contributed by atoms with van der Waals surface area (Å²) in [5, 5.41) is 22.7. The fourth-order valence-corrected chi connectivity index (χ4v) is 2.56. The molecule has 28 heavy (non-hydrogen) atoms. The van der Waals surface area contributed by atoms with E-state index in [2.05, 4.69) is 10.3 Å². The van der Waals surface area contributed by atoms with E-state index < -0.39 is 16.8 Å². The number of aliphatic carboxylic acids is 1. The highest BCUT2D eigenvalue weighted by Gasteiger charge is 2.22. The Balaban J connectivity index is 0.00000392. The molecule has 2 N–H and O–H groups in total. The van der Waals surface area contributed by atoms with Crippen molar-refractivity contribution in [1.82, 2.24) is 4.98 Å². The SMILES string of the molecule is CNc1ccc(C(=O)N(CCCCC(=O)O)c2ccccn2)cc1[N+](=O)[O-].Cl. The van der Waals surface area contributed by atoms with Gasteiger partial charge >= 0.3 is 5.97 Å². The largest absolute Gasteiger partial charge is 0.481 e. The Bertz CT molecular complexity index is 832. The van der Waals surface area contributed by atoms with E-state index in [-0.39, 0.29) is 36.6 Å². The van der Waals surface area contributed by atoms with E-state index in [0.29, 0.717) is 24.3 Å². The molecule has 2 rings (SSSR count). The van der Waals surface area contributed by atoms with Gasteiger partial charge in [0, 0.05) is 37.8 Å². The second-order valence-electron chi connectivity index (χ2n) is 5.73. The molecular weight excluding hydrogens is 388 g/mol. The third kappa shape index (κ3) is 5.92. The minimum absolute atomic E-state index is 0. The van der Waals surface area contributed by atoms with Crippen LogP contribution in [0.4, 0.5) is 17.2 Å². The average molecular weight is 409 g/mol. The van der Waals surface area contributed by atoms with Crippen molar-refractivity contribution in [3.05, 3.63) is 58.3 Å². The molecule has 0 bridgehead atoms. The quantitative estimate of drug-likeness (QED) is 0.370. The lowest BCUT2D eigenvalue weighted by Crippen LogP contribution is -2.32. The number of anilines is 2. The highest BCUT2D eigenvalue weighted by atomic mass is 35.5. The maximum Gasteiger partial charge on any atom is 0.303 e.